The van der Waals surface area contributed by atoms with Gasteiger partial charge >= 0.3 is 7.12 Å². The van der Waals surface area contributed by atoms with Gasteiger partial charge in [-0.15, -0.1) is 0 Å². The monoisotopic (exact) mass is 282 g/mol. The minimum absolute atomic E-state index is 0.334. The van der Waals surface area contributed by atoms with Gasteiger partial charge in [0.25, 0.3) is 0 Å². The molecule has 0 N–H and O–H groups in total. The van der Waals surface area contributed by atoms with Crippen molar-refractivity contribution in [3.8, 4) is 11.3 Å². The molecule has 5 heteroatoms. The van der Waals surface area contributed by atoms with Gasteiger partial charge in [0.05, 0.1) is 16.9 Å². The van der Waals surface area contributed by atoms with Crippen molar-refractivity contribution >= 4 is 12.6 Å². The Morgan fingerprint density at radius 2 is 1.67 bits per heavy atom. The van der Waals surface area contributed by atoms with Crippen molar-refractivity contribution in [2.45, 2.75) is 38.9 Å². The van der Waals surface area contributed by atoms with Gasteiger partial charge in [0.1, 0.15) is 0 Å². The van der Waals surface area contributed by atoms with Crippen LogP contribution in [0.15, 0.2) is 42.9 Å². The second kappa shape index (κ2) is 4.93. The number of pyridine rings is 2. The van der Waals surface area contributed by atoms with Crippen molar-refractivity contribution in [3.63, 3.8) is 0 Å². The third-order valence-corrected chi connectivity index (χ3v) is 4.27. The highest BCUT2D eigenvalue weighted by Gasteiger charge is 2.51. The lowest BCUT2D eigenvalue weighted by Crippen LogP contribution is -2.41. The highest BCUT2D eigenvalue weighted by atomic mass is 16.7. The molecule has 0 unspecified atom stereocenters. The maximum absolute atomic E-state index is 6.02. The standard InChI is InChI=1S/C16H19BN2O2/c1-15(2)16(3,4)21-17(20-15)13-7-8-14(19-11-13)12-6-5-9-18-10-12/h5-11H,1-4H3. The molecule has 0 saturated carbocycles. The van der Waals surface area contributed by atoms with Crippen LogP contribution in [0, 0.1) is 0 Å². The molecule has 0 radical (unpaired) electrons. The average Bonchev–Trinajstić information content (AvgIpc) is 2.69. The predicted molar refractivity (Wildman–Crippen MR) is 83.2 cm³/mol. The van der Waals surface area contributed by atoms with E-state index in [9.17, 15) is 0 Å². The maximum Gasteiger partial charge on any atom is 0.496 e. The first-order valence-electron chi connectivity index (χ1n) is 7.11. The summed E-state index contributed by atoms with van der Waals surface area (Å²) in [6, 6.07) is 7.86. The molecule has 21 heavy (non-hydrogen) atoms. The number of aromatic nitrogens is 2. The fourth-order valence-electron chi connectivity index (χ4n) is 2.21. The summed E-state index contributed by atoms with van der Waals surface area (Å²) in [7, 11) is -0.370. The highest BCUT2D eigenvalue weighted by molar-refractivity contribution is 6.62. The van der Waals surface area contributed by atoms with Crippen LogP contribution in [0.25, 0.3) is 11.3 Å². The van der Waals surface area contributed by atoms with E-state index in [-0.39, 0.29) is 18.3 Å². The molecular formula is C16H19BN2O2. The molecule has 1 aliphatic heterocycles. The van der Waals surface area contributed by atoms with Crippen LogP contribution >= 0.6 is 0 Å². The summed E-state index contributed by atoms with van der Waals surface area (Å²) in [4.78, 5) is 8.60. The Balaban J connectivity index is 1.83. The predicted octanol–water partition coefficient (Wildman–Crippen LogP) is 2.44. The maximum atomic E-state index is 6.02. The molecule has 1 fully saturated rings. The molecule has 0 spiro atoms. The molecule has 0 amide bonds. The normalized spacial score (nSPS) is 19.7. The molecule has 1 saturated heterocycles. The average molecular weight is 282 g/mol. The van der Waals surface area contributed by atoms with Crippen molar-refractivity contribution in [1.29, 1.82) is 0 Å². The van der Waals surface area contributed by atoms with E-state index < -0.39 is 0 Å². The van der Waals surface area contributed by atoms with Gasteiger partial charge in [-0.2, -0.15) is 0 Å². The minimum atomic E-state index is -0.370. The smallest absolute Gasteiger partial charge is 0.399 e. The van der Waals surface area contributed by atoms with Crippen molar-refractivity contribution in [2.75, 3.05) is 0 Å². The van der Waals surface area contributed by atoms with Gasteiger partial charge < -0.3 is 9.31 Å². The SMILES string of the molecule is CC1(C)OB(c2ccc(-c3cccnc3)nc2)OC1(C)C. The number of hydrogen-bond acceptors (Lipinski definition) is 4. The molecule has 0 aliphatic carbocycles. The lowest BCUT2D eigenvalue weighted by atomic mass is 9.80. The topological polar surface area (TPSA) is 44.2 Å². The van der Waals surface area contributed by atoms with Gasteiger partial charge in [-0.3, -0.25) is 9.97 Å². The van der Waals surface area contributed by atoms with Gasteiger partial charge in [-0.1, -0.05) is 6.07 Å². The second-order valence-corrected chi connectivity index (χ2v) is 6.31. The Kier molecular flexibility index (Phi) is 3.34. The Morgan fingerprint density at radius 1 is 0.952 bits per heavy atom. The van der Waals surface area contributed by atoms with E-state index in [0.29, 0.717) is 0 Å². The first-order valence-corrected chi connectivity index (χ1v) is 7.11. The van der Waals surface area contributed by atoms with Gasteiger partial charge in [0.15, 0.2) is 0 Å². The van der Waals surface area contributed by atoms with Crippen molar-refractivity contribution < 1.29 is 9.31 Å². The Bertz CT molecular complexity index is 610. The summed E-state index contributed by atoms with van der Waals surface area (Å²) in [5, 5.41) is 0. The van der Waals surface area contributed by atoms with Crippen LogP contribution in [0.2, 0.25) is 0 Å². The Morgan fingerprint density at radius 3 is 2.19 bits per heavy atom. The van der Waals surface area contributed by atoms with Gasteiger partial charge in [-0.25, -0.2) is 0 Å². The fraction of sp³-hybridized carbons (Fsp3) is 0.375. The van der Waals surface area contributed by atoms with Crippen LogP contribution in [0.4, 0.5) is 0 Å². The molecule has 1 aliphatic rings. The summed E-state index contributed by atoms with van der Waals surface area (Å²) >= 11 is 0. The van der Waals surface area contributed by atoms with E-state index in [2.05, 4.69) is 9.97 Å². The Labute approximate surface area is 125 Å². The summed E-state index contributed by atoms with van der Waals surface area (Å²) in [5.41, 5.74) is 2.15. The van der Waals surface area contributed by atoms with E-state index in [1.165, 1.54) is 0 Å². The molecule has 2 aromatic heterocycles. The van der Waals surface area contributed by atoms with Gasteiger partial charge in [-0.05, 0) is 45.9 Å². The molecule has 108 valence electrons. The fourth-order valence-corrected chi connectivity index (χ4v) is 2.21. The van der Waals surface area contributed by atoms with Crippen molar-refractivity contribution in [2.24, 2.45) is 0 Å². The largest absolute Gasteiger partial charge is 0.496 e. The first-order chi connectivity index (χ1) is 9.89. The molecule has 3 rings (SSSR count). The summed E-state index contributed by atoms with van der Waals surface area (Å²) in [6.07, 6.45) is 5.36. The zero-order chi connectivity index (χ0) is 15.1. The van der Waals surface area contributed by atoms with Gasteiger partial charge in [0.2, 0.25) is 0 Å². The third kappa shape index (κ3) is 2.59. The summed E-state index contributed by atoms with van der Waals surface area (Å²) in [6.45, 7) is 8.18. The van der Waals surface area contributed by atoms with E-state index in [4.69, 9.17) is 9.31 Å². The Hall–Kier alpha value is -1.72. The van der Waals surface area contributed by atoms with Crippen LogP contribution < -0.4 is 5.46 Å². The van der Waals surface area contributed by atoms with E-state index in [1.807, 2.05) is 58.2 Å². The zero-order valence-corrected chi connectivity index (χ0v) is 12.8. The van der Waals surface area contributed by atoms with E-state index in [0.717, 1.165) is 16.7 Å². The van der Waals surface area contributed by atoms with Crippen LogP contribution in [-0.4, -0.2) is 28.3 Å². The number of nitrogens with zero attached hydrogens (tertiary/aromatic N) is 2. The molecule has 0 atom stereocenters. The minimum Gasteiger partial charge on any atom is -0.399 e. The molecule has 3 heterocycles. The zero-order valence-electron chi connectivity index (χ0n) is 12.8. The summed E-state index contributed by atoms with van der Waals surface area (Å²) in [5.74, 6) is 0. The molecule has 0 aromatic carbocycles. The van der Waals surface area contributed by atoms with Crippen molar-refractivity contribution in [3.05, 3.63) is 42.9 Å². The molecular weight excluding hydrogens is 263 g/mol. The number of rotatable bonds is 2. The highest BCUT2D eigenvalue weighted by Crippen LogP contribution is 2.36. The molecule has 2 aromatic rings. The lowest BCUT2D eigenvalue weighted by Gasteiger charge is -2.32. The quantitative estimate of drug-likeness (QED) is 0.794. The second-order valence-electron chi connectivity index (χ2n) is 6.31. The van der Waals surface area contributed by atoms with E-state index >= 15 is 0 Å². The molecule has 4 nitrogen and oxygen atoms in total. The number of hydrogen-bond donors (Lipinski definition) is 0. The first kappa shape index (κ1) is 14.2. The summed E-state index contributed by atoms with van der Waals surface area (Å²) < 4.78 is 12.0. The van der Waals surface area contributed by atoms with Crippen LogP contribution in [0.5, 0.6) is 0 Å². The molecule has 0 bridgehead atoms. The van der Waals surface area contributed by atoms with Gasteiger partial charge in [0, 0.05) is 29.6 Å². The van der Waals surface area contributed by atoms with E-state index in [1.54, 1.807) is 12.4 Å². The van der Waals surface area contributed by atoms with Crippen LogP contribution in [-0.2, 0) is 9.31 Å². The van der Waals surface area contributed by atoms with Crippen molar-refractivity contribution in [1.82, 2.24) is 9.97 Å². The van der Waals surface area contributed by atoms with Crippen LogP contribution in [0.1, 0.15) is 27.7 Å². The lowest BCUT2D eigenvalue weighted by molar-refractivity contribution is 0.00578. The third-order valence-electron chi connectivity index (χ3n) is 4.27. The van der Waals surface area contributed by atoms with Crippen LogP contribution in [0.3, 0.4) is 0 Å².